The van der Waals surface area contributed by atoms with Gasteiger partial charge in [0.15, 0.2) is 13.9 Å². The lowest BCUT2D eigenvalue weighted by Gasteiger charge is -2.52. The van der Waals surface area contributed by atoms with Gasteiger partial charge in [0.05, 0.1) is 26.2 Å². The van der Waals surface area contributed by atoms with Crippen molar-refractivity contribution in [3.05, 3.63) is 29.8 Å². The van der Waals surface area contributed by atoms with E-state index < -0.39 is 43.4 Å². The predicted molar refractivity (Wildman–Crippen MR) is 141 cm³/mol. The number of nitrogens with zero attached hydrogens (tertiary/aromatic N) is 1. The second-order valence-electron chi connectivity index (χ2n) is 11.8. The van der Waals surface area contributed by atoms with Crippen LogP contribution in [0.3, 0.4) is 0 Å². The smallest absolute Gasteiger partial charge is 0.337 e. The van der Waals surface area contributed by atoms with Crippen LogP contribution in [0.5, 0.6) is 5.75 Å². The third-order valence-electron chi connectivity index (χ3n) is 8.10. The van der Waals surface area contributed by atoms with Crippen molar-refractivity contribution in [1.82, 2.24) is 4.90 Å². The maximum Gasteiger partial charge on any atom is 0.337 e. The highest BCUT2D eigenvalue weighted by atomic mass is 28.4. The summed E-state index contributed by atoms with van der Waals surface area (Å²) in [5.41, 5.74) is -2.95. The van der Waals surface area contributed by atoms with Crippen molar-refractivity contribution in [2.75, 3.05) is 20.8 Å². The largest absolute Gasteiger partial charge is 0.497 e. The lowest BCUT2D eigenvalue weighted by molar-refractivity contribution is -0.189. The summed E-state index contributed by atoms with van der Waals surface area (Å²) in [6.45, 7) is 15.6. The summed E-state index contributed by atoms with van der Waals surface area (Å²) in [5.74, 6) is -1.74. The van der Waals surface area contributed by atoms with Crippen LogP contribution in [0.4, 0.5) is 0 Å². The number of carbonyl (C=O) groups is 2. The Morgan fingerprint density at radius 1 is 1.17 bits per heavy atom. The number of ether oxygens (including phenoxy) is 2. The zero-order valence-electron chi connectivity index (χ0n) is 23.5. The minimum Gasteiger partial charge on any atom is -0.497 e. The Kier molecular flexibility index (Phi) is 9.09. The number of methoxy groups -OCH3 is 2. The Morgan fingerprint density at radius 3 is 2.14 bits per heavy atom. The van der Waals surface area contributed by atoms with Crippen LogP contribution >= 0.6 is 0 Å². The van der Waals surface area contributed by atoms with E-state index in [1.807, 2.05) is 26.0 Å². The standard InChI is InChI=1S/C27H45NO7Si/c1-18(2)22(35-36(9,10)25(3,4)5)27(24(31)34-8)26(6,32)21(15-16-29)23(30)28(27)17-19-11-13-20(33-7)14-12-19/h11-14,18,21-22,29,32H,15-17H2,1-10H3/t21-,22-,26-,27-/m0/s1. The summed E-state index contributed by atoms with van der Waals surface area (Å²) in [4.78, 5) is 29.3. The molecule has 1 saturated heterocycles. The highest BCUT2D eigenvalue weighted by Gasteiger charge is 2.74. The van der Waals surface area contributed by atoms with E-state index in [4.69, 9.17) is 13.9 Å². The van der Waals surface area contributed by atoms with Gasteiger partial charge in [-0.15, -0.1) is 0 Å². The second-order valence-corrected chi connectivity index (χ2v) is 16.5. The molecule has 1 heterocycles. The fraction of sp³-hybridized carbons (Fsp3) is 0.704. The molecule has 8 nitrogen and oxygen atoms in total. The molecular formula is C27H45NO7Si. The molecule has 0 bridgehead atoms. The van der Waals surface area contributed by atoms with Crippen LogP contribution in [0, 0.1) is 11.8 Å². The van der Waals surface area contributed by atoms with Gasteiger partial charge in [-0.2, -0.15) is 0 Å². The Morgan fingerprint density at radius 2 is 1.72 bits per heavy atom. The average Bonchev–Trinajstić information content (AvgIpc) is 2.95. The zero-order valence-corrected chi connectivity index (χ0v) is 24.5. The van der Waals surface area contributed by atoms with Crippen LogP contribution in [0.2, 0.25) is 18.1 Å². The van der Waals surface area contributed by atoms with Gasteiger partial charge >= 0.3 is 5.97 Å². The first-order valence-electron chi connectivity index (χ1n) is 12.6. The first kappa shape index (κ1) is 30.3. The van der Waals surface area contributed by atoms with Crippen LogP contribution in [0.25, 0.3) is 0 Å². The van der Waals surface area contributed by atoms with E-state index >= 15 is 0 Å². The van der Waals surface area contributed by atoms with Crippen molar-refractivity contribution >= 4 is 20.2 Å². The lowest BCUT2D eigenvalue weighted by atomic mass is 9.69. The number of aliphatic hydroxyl groups is 2. The molecule has 0 aromatic heterocycles. The van der Waals surface area contributed by atoms with Gasteiger partial charge in [0.25, 0.3) is 0 Å². The highest BCUT2D eigenvalue weighted by molar-refractivity contribution is 6.74. The van der Waals surface area contributed by atoms with E-state index in [2.05, 4.69) is 33.9 Å². The van der Waals surface area contributed by atoms with E-state index in [1.54, 1.807) is 19.2 Å². The minimum atomic E-state index is -2.49. The van der Waals surface area contributed by atoms with Crippen molar-refractivity contribution in [2.45, 2.75) is 89.9 Å². The van der Waals surface area contributed by atoms with Gasteiger partial charge in [-0.25, -0.2) is 4.79 Å². The molecule has 1 fully saturated rings. The summed E-state index contributed by atoms with van der Waals surface area (Å²) in [6, 6.07) is 7.21. The van der Waals surface area contributed by atoms with E-state index in [0.717, 1.165) is 5.56 Å². The normalized spacial score (nSPS) is 25.9. The molecule has 0 saturated carbocycles. The zero-order chi connectivity index (χ0) is 27.7. The van der Waals surface area contributed by atoms with Gasteiger partial charge in [0.1, 0.15) is 11.4 Å². The van der Waals surface area contributed by atoms with Crippen molar-refractivity contribution in [2.24, 2.45) is 11.8 Å². The molecule has 4 atom stereocenters. The van der Waals surface area contributed by atoms with Crippen LogP contribution in [0.1, 0.15) is 53.5 Å². The number of rotatable bonds is 10. The molecule has 9 heteroatoms. The molecule has 36 heavy (non-hydrogen) atoms. The monoisotopic (exact) mass is 523 g/mol. The van der Waals surface area contributed by atoms with Crippen LogP contribution in [0.15, 0.2) is 24.3 Å². The number of aliphatic hydroxyl groups excluding tert-OH is 1. The molecule has 1 aromatic carbocycles. The molecule has 0 spiro atoms. The summed E-state index contributed by atoms with van der Waals surface area (Å²) < 4.78 is 17.5. The van der Waals surface area contributed by atoms with Gasteiger partial charge in [0.2, 0.25) is 5.91 Å². The topological polar surface area (TPSA) is 106 Å². The Balaban J connectivity index is 2.83. The molecule has 2 rings (SSSR count). The SMILES string of the molecule is COC(=O)[C@]1([C@@H](O[Si](C)(C)C(C)(C)C)C(C)C)N(Cc2ccc(OC)cc2)C(=O)[C@H](CCO)[C@]1(C)O. The fourth-order valence-corrected chi connectivity index (χ4v) is 6.45. The van der Waals surface area contributed by atoms with Crippen molar-refractivity contribution < 1.29 is 33.7 Å². The molecule has 1 amide bonds. The van der Waals surface area contributed by atoms with Gasteiger partial charge in [0, 0.05) is 13.2 Å². The number of likely N-dealkylation sites (tertiary alicyclic amines) is 1. The van der Waals surface area contributed by atoms with E-state index in [1.165, 1.54) is 18.9 Å². The summed E-state index contributed by atoms with van der Waals surface area (Å²) >= 11 is 0. The molecule has 2 N–H and O–H groups in total. The quantitative estimate of drug-likeness (QED) is 0.355. The van der Waals surface area contributed by atoms with Gasteiger partial charge in [-0.3, -0.25) is 4.79 Å². The van der Waals surface area contributed by atoms with Gasteiger partial charge < -0.3 is 29.0 Å². The maximum absolute atomic E-state index is 13.9. The molecule has 0 unspecified atom stereocenters. The van der Waals surface area contributed by atoms with E-state index in [9.17, 15) is 19.8 Å². The number of hydrogen-bond donors (Lipinski definition) is 2. The number of esters is 1. The van der Waals surface area contributed by atoms with E-state index in [-0.39, 0.29) is 30.5 Å². The van der Waals surface area contributed by atoms with Gasteiger partial charge in [-0.1, -0.05) is 46.8 Å². The van der Waals surface area contributed by atoms with Crippen LogP contribution in [-0.2, 0) is 25.3 Å². The Labute approximate surface area is 217 Å². The number of hydrogen-bond acceptors (Lipinski definition) is 7. The molecule has 0 aliphatic carbocycles. The molecule has 1 aromatic rings. The average molecular weight is 524 g/mol. The van der Waals surface area contributed by atoms with Gasteiger partial charge in [-0.05, 0) is 55.1 Å². The fourth-order valence-electron chi connectivity index (χ4n) is 5.02. The first-order chi connectivity index (χ1) is 16.5. The van der Waals surface area contributed by atoms with Crippen molar-refractivity contribution in [3.63, 3.8) is 0 Å². The third-order valence-corrected chi connectivity index (χ3v) is 12.6. The number of amides is 1. The number of carbonyl (C=O) groups excluding carboxylic acids is 2. The summed E-state index contributed by atoms with van der Waals surface area (Å²) in [6.07, 6.45) is -0.846. The lowest BCUT2D eigenvalue weighted by Crippen LogP contribution is -2.73. The van der Waals surface area contributed by atoms with Crippen molar-refractivity contribution in [3.8, 4) is 5.75 Å². The third kappa shape index (κ3) is 5.07. The highest BCUT2D eigenvalue weighted by Crippen LogP contribution is 2.52. The predicted octanol–water partition coefficient (Wildman–Crippen LogP) is 3.75. The summed E-state index contributed by atoms with van der Waals surface area (Å²) in [5, 5.41) is 21.8. The Hall–Kier alpha value is -1.94. The molecule has 204 valence electrons. The Bertz CT molecular complexity index is 923. The minimum absolute atomic E-state index is 0.00853. The second kappa shape index (κ2) is 10.8. The molecule has 1 aliphatic rings. The van der Waals surface area contributed by atoms with Crippen molar-refractivity contribution in [1.29, 1.82) is 0 Å². The van der Waals surface area contributed by atoms with E-state index in [0.29, 0.717) is 5.75 Å². The van der Waals surface area contributed by atoms with Crippen LogP contribution < -0.4 is 4.74 Å². The molecular weight excluding hydrogens is 478 g/mol. The maximum atomic E-state index is 13.9. The first-order valence-corrected chi connectivity index (χ1v) is 15.5. The van der Waals surface area contributed by atoms with Crippen LogP contribution in [-0.4, -0.2) is 73.4 Å². The summed E-state index contributed by atoms with van der Waals surface area (Å²) in [7, 11) is 0.350. The number of benzene rings is 1. The molecule has 1 aliphatic heterocycles. The molecule has 0 radical (unpaired) electrons.